The first-order valence-corrected chi connectivity index (χ1v) is 10.1. The van der Waals surface area contributed by atoms with E-state index in [1.165, 1.54) is 11.1 Å². The van der Waals surface area contributed by atoms with Crippen LogP contribution in [0.2, 0.25) is 5.02 Å². The van der Waals surface area contributed by atoms with Crippen LogP contribution in [0.5, 0.6) is 0 Å². The van der Waals surface area contributed by atoms with Gasteiger partial charge in [0.15, 0.2) is 12.2 Å². The van der Waals surface area contributed by atoms with Gasteiger partial charge in [-0.05, 0) is 42.2 Å². The summed E-state index contributed by atoms with van der Waals surface area (Å²) in [7, 11) is 0. The third-order valence-corrected chi connectivity index (χ3v) is 5.46. The molecule has 1 aromatic carbocycles. The molecule has 158 valence electrons. The van der Waals surface area contributed by atoms with Gasteiger partial charge in [-0.1, -0.05) is 29.8 Å². The zero-order valence-corrected chi connectivity index (χ0v) is 17.3. The largest absolute Gasteiger partial charge is 0.447 e. The number of likely N-dealkylation sites (tertiary alicyclic amines) is 1. The fraction of sp³-hybridized carbons (Fsp3) is 0.500. The number of hydrogen-bond donors (Lipinski definition) is 0. The molecule has 1 unspecified atom stereocenters. The van der Waals surface area contributed by atoms with E-state index in [1.807, 2.05) is 25.1 Å². The number of carbonyl (C=O) groups is 1. The minimum atomic E-state index is -0.454. The highest BCUT2D eigenvalue weighted by atomic mass is 35.5. The highest BCUT2D eigenvalue weighted by Gasteiger charge is 2.27. The minimum absolute atomic E-state index is 0.0566. The molecule has 0 bridgehead atoms. The summed E-state index contributed by atoms with van der Waals surface area (Å²) >= 11 is 6.33. The number of rotatable bonds is 6. The van der Waals surface area contributed by atoms with Crippen molar-refractivity contribution < 1.29 is 9.53 Å². The van der Waals surface area contributed by atoms with Gasteiger partial charge in [-0.25, -0.2) is 4.79 Å². The lowest BCUT2D eigenvalue weighted by Gasteiger charge is -2.31. The first-order valence-electron chi connectivity index (χ1n) is 9.73. The second kappa shape index (κ2) is 9.16. The van der Waals surface area contributed by atoms with Crippen molar-refractivity contribution >= 4 is 17.7 Å². The lowest BCUT2D eigenvalue weighted by Crippen LogP contribution is -2.40. The van der Waals surface area contributed by atoms with E-state index >= 15 is 0 Å². The maximum atomic E-state index is 12.6. The van der Waals surface area contributed by atoms with Crippen LogP contribution in [-0.4, -0.2) is 71.1 Å². The summed E-state index contributed by atoms with van der Waals surface area (Å²) in [6.07, 6.45) is 2.69. The predicted molar refractivity (Wildman–Crippen MR) is 106 cm³/mol. The van der Waals surface area contributed by atoms with E-state index in [-0.39, 0.29) is 12.7 Å². The van der Waals surface area contributed by atoms with Crippen LogP contribution in [-0.2, 0) is 11.3 Å². The molecule has 1 fully saturated rings. The molecule has 12 heteroatoms. The Morgan fingerprint density at radius 1 is 1.27 bits per heavy atom. The summed E-state index contributed by atoms with van der Waals surface area (Å²) in [6, 6.07) is 6.88. The Hall–Kier alpha value is -3.08. The molecule has 11 nitrogen and oxygen atoms in total. The molecule has 1 amide bonds. The molecule has 2 aromatic heterocycles. The molecule has 0 spiro atoms. The van der Waals surface area contributed by atoms with Crippen molar-refractivity contribution in [3.8, 4) is 0 Å². The molecule has 4 rings (SSSR count). The quantitative estimate of drug-likeness (QED) is 0.579. The first-order chi connectivity index (χ1) is 14.6. The van der Waals surface area contributed by atoms with Gasteiger partial charge in [0.1, 0.15) is 12.6 Å². The van der Waals surface area contributed by atoms with Gasteiger partial charge in [0.2, 0.25) is 0 Å². The summed E-state index contributed by atoms with van der Waals surface area (Å²) < 4.78 is 5.59. The SMILES string of the molecule is Cc1nnn(CC2CCN(C(=O)OCC(c3ccccc3Cl)n3ncnn3)CC2)n1. The second-order valence-corrected chi connectivity index (χ2v) is 7.60. The third kappa shape index (κ3) is 4.73. The van der Waals surface area contributed by atoms with Crippen molar-refractivity contribution in [3.63, 3.8) is 0 Å². The first kappa shape index (κ1) is 20.2. The second-order valence-electron chi connectivity index (χ2n) is 7.19. The van der Waals surface area contributed by atoms with Gasteiger partial charge < -0.3 is 9.64 Å². The number of tetrazole rings is 2. The van der Waals surface area contributed by atoms with Crippen LogP contribution in [0, 0.1) is 12.8 Å². The predicted octanol–water partition coefficient (Wildman–Crippen LogP) is 1.76. The van der Waals surface area contributed by atoms with Gasteiger partial charge >= 0.3 is 6.09 Å². The van der Waals surface area contributed by atoms with E-state index in [2.05, 4.69) is 30.8 Å². The number of carbonyl (C=O) groups excluding carboxylic acids is 1. The van der Waals surface area contributed by atoms with Gasteiger partial charge in [0.05, 0.1) is 6.54 Å². The highest BCUT2D eigenvalue weighted by molar-refractivity contribution is 6.31. The van der Waals surface area contributed by atoms with E-state index in [1.54, 1.807) is 15.8 Å². The topological polar surface area (TPSA) is 117 Å². The van der Waals surface area contributed by atoms with E-state index in [0.29, 0.717) is 36.4 Å². The molecule has 1 aliphatic heterocycles. The van der Waals surface area contributed by atoms with E-state index in [0.717, 1.165) is 18.4 Å². The van der Waals surface area contributed by atoms with Crippen LogP contribution >= 0.6 is 11.6 Å². The Labute approximate surface area is 177 Å². The zero-order chi connectivity index (χ0) is 20.9. The monoisotopic (exact) mass is 431 g/mol. The van der Waals surface area contributed by atoms with Crippen molar-refractivity contribution in [2.45, 2.75) is 32.4 Å². The van der Waals surface area contributed by atoms with Crippen LogP contribution in [0.25, 0.3) is 0 Å². The molecule has 1 saturated heterocycles. The van der Waals surface area contributed by atoms with Gasteiger partial charge in [0, 0.05) is 23.7 Å². The fourth-order valence-corrected chi connectivity index (χ4v) is 3.78. The van der Waals surface area contributed by atoms with E-state index in [9.17, 15) is 4.79 Å². The van der Waals surface area contributed by atoms with Crippen molar-refractivity contribution in [1.82, 2.24) is 45.3 Å². The molecule has 0 N–H and O–H groups in total. The van der Waals surface area contributed by atoms with Crippen molar-refractivity contribution in [1.29, 1.82) is 0 Å². The number of amides is 1. The maximum Gasteiger partial charge on any atom is 0.409 e. The molecule has 3 aromatic rings. The average molecular weight is 432 g/mol. The summed E-state index contributed by atoms with van der Waals surface area (Å²) in [4.78, 5) is 17.4. The maximum absolute atomic E-state index is 12.6. The molecule has 1 atom stereocenters. The van der Waals surface area contributed by atoms with Crippen molar-refractivity contribution in [2.75, 3.05) is 19.7 Å². The van der Waals surface area contributed by atoms with Crippen LogP contribution in [0.15, 0.2) is 30.6 Å². The summed E-state index contributed by atoms with van der Waals surface area (Å²) in [5, 5.41) is 24.5. The average Bonchev–Trinajstić information content (AvgIpc) is 3.42. The van der Waals surface area contributed by atoms with E-state index in [4.69, 9.17) is 16.3 Å². The number of ether oxygens (including phenoxy) is 1. The lowest BCUT2D eigenvalue weighted by atomic mass is 9.97. The van der Waals surface area contributed by atoms with Gasteiger partial charge in [-0.3, -0.25) is 0 Å². The number of halogens is 1. The third-order valence-electron chi connectivity index (χ3n) is 5.12. The van der Waals surface area contributed by atoms with Crippen molar-refractivity contribution in [3.05, 3.63) is 47.0 Å². The molecule has 0 aliphatic carbocycles. The number of hydrogen-bond acceptors (Lipinski definition) is 8. The molecular weight excluding hydrogens is 410 g/mol. The van der Waals surface area contributed by atoms with Gasteiger partial charge in [0.25, 0.3) is 0 Å². The molecule has 3 heterocycles. The molecule has 30 heavy (non-hydrogen) atoms. The Morgan fingerprint density at radius 3 is 2.73 bits per heavy atom. The fourth-order valence-electron chi connectivity index (χ4n) is 3.52. The summed E-state index contributed by atoms with van der Waals surface area (Å²) in [5.74, 6) is 1.06. The number of aryl methyl sites for hydroxylation is 1. The van der Waals surface area contributed by atoms with Crippen LogP contribution in [0.4, 0.5) is 4.79 Å². The van der Waals surface area contributed by atoms with Gasteiger partial charge in [-0.15, -0.1) is 20.4 Å². The molecular formula is C18H22ClN9O2. The number of nitrogens with zero attached hydrogens (tertiary/aromatic N) is 9. The minimum Gasteiger partial charge on any atom is -0.447 e. The van der Waals surface area contributed by atoms with Crippen molar-refractivity contribution in [2.24, 2.45) is 5.92 Å². The Kier molecular flexibility index (Phi) is 6.17. The Balaban J connectivity index is 1.32. The Morgan fingerprint density at radius 2 is 2.07 bits per heavy atom. The number of aromatic nitrogens is 8. The molecule has 0 radical (unpaired) electrons. The van der Waals surface area contributed by atoms with Gasteiger partial charge in [-0.2, -0.15) is 9.59 Å². The lowest BCUT2D eigenvalue weighted by molar-refractivity contribution is 0.0753. The summed E-state index contributed by atoms with van der Waals surface area (Å²) in [6.45, 7) is 3.81. The van der Waals surface area contributed by atoms with Crippen LogP contribution in [0.1, 0.15) is 30.3 Å². The van der Waals surface area contributed by atoms with E-state index < -0.39 is 6.04 Å². The number of piperidine rings is 1. The molecule has 1 aliphatic rings. The smallest absolute Gasteiger partial charge is 0.409 e. The summed E-state index contributed by atoms with van der Waals surface area (Å²) in [5.41, 5.74) is 0.763. The molecule has 0 saturated carbocycles. The van der Waals surface area contributed by atoms with Crippen LogP contribution in [0.3, 0.4) is 0 Å². The Bertz CT molecular complexity index is 970. The standard InChI is InChI=1S/C18H22ClN9O2/c1-13-22-25-27(23-13)10-14-6-8-26(9-7-14)18(29)30-11-17(28-21-12-20-24-28)15-4-2-3-5-16(15)19/h2-5,12,14,17H,6-11H2,1H3. The normalized spacial score (nSPS) is 15.9. The zero-order valence-electron chi connectivity index (χ0n) is 16.5. The number of benzene rings is 1. The highest BCUT2D eigenvalue weighted by Crippen LogP contribution is 2.26. The van der Waals surface area contributed by atoms with Crippen LogP contribution < -0.4 is 0 Å².